The van der Waals surface area contributed by atoms with Gasteiger partial charge in [-0.2, -0.15) is 0 Å². The van der Waals surface area contributed by atoms with Crippen molar-refractivity contribution in [1.82, 2.24) is 4.90 Å². The molecular formula is C19H26N2O5. The van der Waals surface area contributed by atoms with E-state index in [9.17, 15) is 14.4 Å². The van der Waals surface area contributed by atoms with Gasteiger partial charge in [0.2, 0.25) is 5.91 Å². The average molecular weight is 362 g/mol. The number of amides is 2. The molecule has 7 nitrogen and oxygen atoms in total. The van der Waals surface area contributed by atoms with Crippen LogP contribution in [0.3, 0.4) is 0 Å². The number of benzene rings is 1. The third kappa shape index (κ3) is 4.53. The molecule has 0 aliphatic carbocycles. The van der Waals surface area contributed by atoms with Gasteiger partial charge in [-0.1, -0.05) is 31.5 Å². The van der Waals surface area contributed by atoms with Gasteiger partial charge < -0.3 is 20.1 Å². The van der Waals surface area contributed by atoms with Crippen LogP contribution < -0.4 is 10.5 Å². The van der Waals surface area contributed by atoms with Crippen molar-refractivity contribution in [2.75, 3.05) is 20.3 Å². The Morgan fingerprint density at radius 2 is 2.04 bits per heavy atom. The molecule has 0 saturated carbocycles. The van der Waals surface area contributed by atoms with E-state index in [0.29, 0.717) is 18.7 Å². The number of hydrogen-bond donors (Lipinski definition) is 1. The van der Waals surface area contributed by atoms with Crippen LogP contribution in [0.25, 0.3) is 0 Å². The highest BCUT2D eigenvalue weighted by molar-refractivity contribution is 5.84. The fraction of sp³-hybridized carbons (Fsp3) is 0.526. The summed E-state index contributed by atoms with van der Waals surface area (Å²) in [6.45, 7) is 2.14. The van der Waals surface area contributed by atoms with Crippen molar-refractivity contribution in [3.63, 3.8) is 0 Å². The summed E-state index contributed by atoms with van der Waals surface area (Å²) >= 11 is 0. The third-order valence-corrected chi connectivity index (χ3v) is 4.58. The number of likely N-dealkylation sites (tertiary alicyclic amines) is 1. The maximum Gasteiger partial charge on any atom is 0.311 e. The summed E-state index contributed by atoms with van der Waals surface area (Å²) in [6, 6.07) is 6.86. The normalized spacial score (nSPS) is 19.9. The number of piperidine rings is 1. The van der Waals surface area contributed by atoms with Crippen molar-refractivity contribution in [2.45, 2.75) is 38.6 Å². The van der Waals surface area contributed by atoms with Gasteiger partial charge in [0.25, 0.3) is 5.91 Å². The summed E-state index contributed by atoms with van der Waals surface area (Å²) in [5.41, 5.74) is 5.84. The van der Waals surface area contributed by atoms with Crippen molar-refractivity contribution < 1.29 is 23.9 Å². The molecule has 7 heteroatoms. The highest BCUT2D eigenvalue weighted by Crippen LogP contribution is 2.41. The zero-order chi connectivity index (χ0) is 19.1. The van der Waals surface area contributed by atoms with E-state index < -0.39 is 30.4 Å². The second-order valence-corrected chi connectivity index (χ2v) is 6.35. The molecule has 2 amide bonds. The Kier molecular flexibility index (Phi) is 7.00. The third-order valence-electron chi connectivity index (χ3n) is 4.58. The van der Waals surface area contributed by atoms with E-state index in [1.807, 2.05) is 25.1 Å². The first-order chi connectivity index (χ1) is 12.5. The number of carbonyl (C=O) groups excluding carboxylic acids is 3. The molecule has 142 valence electrons. The first kappa shape index (κ1) is 19.8. The van der Waals surface area contributed by atoms with Crippen LogP contribution in [0, 0.1) is 5.92 Å². The Balaban J connectivity index is 2.39. The lowest BCUT2D eigenvalue weighted by molar-refractivity contribution is -0.159. The Morgan fingerprint density at radius 3 is 2.69 bits per heavy atom. The minimum absolute atomic E-state index is 0.00769. The van der Waals surface area contributed by atoms with Gasteiger partial charge in [-0.25, -0.2) is 0 Å². The Hall–Kier alpha value is -2.57. The zero-order valence-electron chi connectivity index (χ0n) is 15.3. The predicted molar refractivity (Wildman–Crippen MR) is 95.2 cm³/mol. The van der Waals surface area contributed by atoms with E-state index in [-0.39, 0.29) is 12.3 Å². The van der Waals surface area contributed by atoms with Crippen LogP contribution in [-0.2, 0) is 19.1 Å². The van der Waals surface area contributed by atoms with Gasteiger partial charge in [-0.3, -0.25) is 14.4 Å². The van der Waals surface area contributed by atoms with E-state index >= 15 is 0 Å². The minimum Gasteiger partial charge on any atom is -0.496 e. The van der Waals surface area contributed by atoms with Crippen LogP contribution in [0.2, 0.25) is 0 Å². The molecule has 1 heterocycles. The van der Waals surface area contributed by atoms with Gasteiger partial charge in [0, 0.05) is 18.5 Å². The number of para-hydroxylation sites is 1. The van der Waals surface area contributed by atoms with E-state index in [0.717, 1.165) is 18.4 Å². The molecule has 0 bridgehead atoms. The largest absolute Gasteiger partial charge is 0.496 e. The molecule has 1 saturated heterocycles. The Morgan fingerprint density at radius 1 is 1.31 bits per heavy atom. The standard InChI is InChI=1S/C19H26N2O5/c1-3-4-11-21-17(23)10-9-14(19(24)26-12-16(20)22)18(21)13-7-5-6-8-15(13)25-2/h5-8,14,18H,3-4,9-12H2,1-2H3,(H2,20,22)/t14-,18-/m0/s1. The van der Waals surface area contributed by atoms with Gasteiger partial charge in [0.05, 0.1) is 19.1 Å². The highest BCUT2D eigenvalue weighted by atomic mass is 16.5. The van der Waals surface area contributed by atoms with Crippen LogP contribution >= 0.6 is 0 Å². The fourth-order valence-electron chi connectivity index (χ4n) is 3.34. The number of carbonyl (C=O) groups is 3. The molecule has 0 unspecified atom stereocenters. The monoisotopic (exact) mass is 362 g/mol. The first-order valence-electron chi connectivity index (χ1n) is 8.86. The van der Waals surface area contributed by atoms with Crippen LogP contribution in [0.4, 0.5) is 0 Å². The van der Waals surface area contributed by atoms with Gasteiger partial charge in [0.15, 0.2) is 6.61 Å². The Labute approximate surface area is 153 Å². The molecule has 2 rings (SSSR count). The molecule has 1 aliphatic rings. The van der Waals surface area contributed by atoms with E-state index in [1.165, 1.54) is 0 Å². The number of ether oxygens (including phenoxy) is 2. The number of rotatable bonds is 8. The van der Waals surface area contributed by atoms with E-state index in [1.54, 1.807) is 18.1 Å². The van der Waals surface area contributed by atoms with Crippen LogP contribution in [0.15, 0.2) is 24.3 Å². The van der Waals surface area contributed by atoms with Crippen LogP contribution in [-0.4, -0.2) is 42.9 Å². The smallest absolute Gasteiger partial charge is 0.311 e. The lowest BCUT2D eigenvalue weighted by Gasteiger charge is -2.40. The molecule has 26 heavy (non-hydrogen) atoms. The number of nitrogens with two attached hydrogens (primary N) is 1. The molecule has 0 spiro atoms. The molecule has 2 N–H and O–H groups in total. The average Bonchev–Trinajstić information content (AvgIpc) is 2.64. The number of hydrogen-bond acceptors (Lipinski definition) is 5. The molecule has 0 radical (unpaired) electrons. The fourth-order valence-corrected chi connectivity index (χ4v) is 3.34. The SMILES string of the molecule is CCCCN1C(=O)CC[C@H](C(=O)OCC(N)=O)[C@@H]1c1ccccc1OC. The first-order valence-corrected chi connectivity index (χ1v) is 8.86. The van der Waals surface area contributed by atoms with Gasteiger partial charge in [0.1, 0.15) is 5.75 Å². The van der Waals surface area contributed by atoms with Crippen molar-refractivity contribution in [3.05, 3.63) is 29.8 Å². The maximum atomic E-state index is 12.6. The zero-order valence-corrected chi connectivity index (χ0v) is 15.3. The highest BCUT2D eigenvalue weighted by Gasteiger charge is 2.42. The molecule has 1 aromatic carbocycles. The Bertz CT molecular complexity index is 661. The number of unbranched alkanes of at least 4 members (excludes halogenated alkanes) is 1. The number of esters is 1. The van der Waals surface area contributed by atoms with Gasteiger partial charge >= 0.3 is 5.97 Å². The topological polar surface area (TPSA) is 98.9 Å². The van der Waals surface area contributed by atoms with Crippen LogP contribution in [0.5, 0.6) is 5.75 Å². The maximum absolute atomic E-state index is 12.6. The van der Waals surface area contributed by atoms with E-state index in [2.05, 4.69) is 0 Å². The van der Waals surface area contributed by atoms with Gasteiger partial charge in [-0.15, -0.1) is 0 Å². The van der Waals surface area contributed by atoms with Crippen molar-refractivity contribution >= 4 is 17.8 Å². The second kappa shape index (κ2) is 9.22. The lowest BCUT2D eigenvalue weighted by Crippen LogP contribution is -2.46. The second-order valence-electron chi connectivity index (χ2n) is 6.35. The summed E-state index contributed by atoms with van der Waals surface area (Å²) in [7, 11) is 1.56. The summed E-state index contributed by atoms with van der Waals surface area (Å²) in [5.74, 6) is -1.18. The molecular weight excluding hydrogens is 336 g/mol. The number of primary amides is 1. The number of nitrogens with zero attached hydrogens (tertiary/aromatic N) is 1. The van der Waals surface area contributed by atoms with Crippen LogP contribution in [0.1, 0.15) is 44.2 Å². The van der Waals surface area contributed by atoms with Crippen molar-refractivity contribution in [1.29, 1.82) is 0 Å². The summed E-state index contributed by atoms with van der Waals surface area (Å²) < 4.78 is 10.5. The quantitative estimate of drug-likeness (QED) is 0.711. The minimum atomic E-state index is -0.707. The summed E-state index contributed by atoms with van der Waals surface area (Å²) in [4.78, 5) is 37.9. The molecule has 2 atom stereocenters. The van der Waals surface area contributed by atoms with Crippen molar-refractivity contribution in [2.24, 2.45) is 11.7 Å². The van der Waals surface area contributed by atoms with Crippen molar-refractivity contribution in [3.8, 4) is 5.75 Å². The summed E-state index contributed by atoms with van der Waals surface area (Å²) in [6.07, 6.45) is 2.40. The molecule has 1 fully saturated rings. The summed E-state index contributed by atoms with van der Waals surface area (Å²) in [5, 5.41) is 0. The molecule has 0 aromatic heterocycles. The number of methoxy groups -OCH3 is 1. The predicted octanol–water partition coefficient (Wildman–Crippen LogP) is 1.80. The molecule has 1 aliphatic heterocycles. The molecule has 1 aromatic rings. The van der Waals surface area contributed by atoms with E-state index in [4.69, 9.17) is 15.2 Å². The van der Waals surface area contributed by atoms with Gasteiger partial charge in [-0.05, 0) is 18.9 Å². The lowest BCUT2D eigenvalue weighted by atomic mass is 9.83.